The summed E-state index contributed by atoms with van der Waals surface area (Å²) in [6.07, 6.45) is 1.58. The van der Waals surface area contributed by atoms with Gasteiger partial charge in [0.25, 0.3) is 0 Å². The maximum absolute atomic E-state index is 7.47. The van der Waals surface area contributed by atoms with Gasteiger partial charge in [0.2, 0.25) is 0 Å². The molecule has 1 N–H and O–H groups in total. The predicted molar refractivity (Wildman–Crippen MR) is 60.7 cm³/mol. The highest BCUT2D eigenvalue weighted by molar-refractivity contribution is 5.93. The van der Waals surface area contributed by atoms with Crippen molar-refractivity contribution in [3.05, 3.63) is 48.6 Å². The molecule has 0 aliphatic heterocycles. The zero-order valence-electron chi connectivity index (χ0n) is 8.53. The highest BCUT2D eigenvalue weighted by atomic mass is 15.1. The van der Waals surface area contributed by atoms with Crippen LogP contribution in [0.25, 0.3) is 0 Å². The molecule has 0 unspecified atom stereocenters. The van der Waals surface area contributed by atoms with Crippen LogP contribution in [0.4, 0.5) is 0 Å². The molecule has 2 nitrogen and oxygen atoms in total. The van der Waals surface area contributed by atoms with E-state index in [0.717, 1.165) is 6.54 Å². The Morgan fingerprint density at radius 1 is 1.43 bits per heavy atom. The highest BCUT2D eigenvalue weighted by Crippen LogP contribution is 2.02. The van der Waals surface area contributed by atoms with E-state index in [9.17, 15) is 0 Å². The molecule has 14 heavy (non-hydrogen) atoms. The molecule has 2 heteroatoms. The van der Waals surface area contributed by atoms with Gasteiger partial charge in [-0.25, -0.2) is 0 Å². The minimum absolute atomic E-state index is 0.559. The molecule has 0 bridgehead atoms. The number of nitrogens with one attached hydrogen (secondary N) is 1. The van der Waals surface area contributed by atoms with Crippen molar-refractivity contribution in [3.63, 3.8) is 0 Å². The summed E-state index contributed by atoms with van der Waals surface area (Å²) in [6, 6.07) is 10.3. The van der Waals surface area contributed by atoms with E-state index < -0.39 is 0 Å². The first kappa shape index (κ1) is 10.7. The van der Waals surface area contributed by atoms with Gasteiger partial charge in [-0.05, 0) is 18.7 Å². The zero-order valence-corrected chi connectivity index (χ0v) is 8.53. The molecule has 1 aromatic carbocycles. The van der Waals surface area contributed by atoms with Crippen molar-refractivity contribution in [1.29, 1.82) is 5.41 Å². The lowest BCUT2D eigenvalue weighted by atomic mass is 10.2. The van der Waals surface area contributed by atoms with Crippen molar-refractivity contribution in [2.24, 2.45) is 0 Å². The van der Waals surface area contributed by atoms with Crippen molar-refractivity contribution in [1.82, 2.24) is 4.90 Å². The van der Waals surface area contributed by atoms with Crippen LogP contribution in [0.5, 0.6) is 0 Å². The molecule has 0 radical (unpaired) electrons. The number of hydrogen-bond donors (Lipinski definition) is 1. The fourth-order valence-electron chi connectivity index (χ4n) is 1.31. The first-order valence-corrected chi connectivity index (χ1v) is 4.64. The van der Waals surface area contributed by atoms with Gasteiger partial charge in [-0.1, -0.05) is 36.9 Å². The van der Waals surface area contributed by atoms with Gasteiger partial charge < -0.3 is 5.41 Å². The summed E-state index contributed by atoms with van der Waals surface area (Å²) in [6.45, 7) is 5.09. The van der Waals surface area contributed by atoms with Crippen molar-refractivity contribution in [2.75, 3.05) is 13.6 Å². The smallest absolute Gasteiger partial charge is 0.0448 e. The lowest BCUT2D eigenvalue weighted by Crippen LogP contribution is -2.23. The maximum Gasteiger partial charge on any atom is 0.0448 e. The Balaban J connectivity index is 2.45. The molecule has 0 aliphatic carbocycles. The van der Waals surface area contributed by atoms with Crippen LogP contribution >= 0.6 is 0 Å². The van der Waals surface area contributed by atoms with E-state index in [1.807, 2.05) is 25.2 Å². The Morgan fingerprint density at radius 2 is 2.07 bits per heavy atom. The lowest BCUT2D eigenvalue weighted by molar-refractivity contribution is 0.374. The van der Waals surface area contributed by atoms with Gasteiger partial charge in [0.05, 0.1) is 0 Å². The molecule has 0 heterocycles. The average molecular weight is 188 g/mol. The van der Waals surface area contributed by atoms with Gasteiger partial charge in [-0.15, -0.1) is 0 Å². The van der Waals surface area contributed by atoms with Gasteiger partial charge in [-0.2, -0.15) is 0 Å². The van der Waals surface area contributed by atoms with E-state index in [1.165, 1.54) is 5.56 Å². The largest absolute Gasteiger partial charge is 0.304 e. The van der Waals surface area contributed by atoms with Crippen LogP contribution < -0.4 is 0 Å². The van der Waals surface area contributed by atoms with Crippen molar-refractivity contribution >= 4 is 5.71 Å². The third kappa shape index (κ3) is 3.54. The van der Waals surface area contributed by atoms with Crippen LogP contribution in [-0.2, 0) is 6.54 Å². The highest BCUT2D eigenvalue weighted by Gasteiger charge is 2.00. The Labute approximate surface area is 85.4 Å². The normalized spacial score (nSPS) is 10.1. The van der Waals surface area contributed by atoms with Gasteiger partial charge in [0.15, 0.2) is 0 Å². The summed E-state index contributed by atoms with van der Waals surface area (Å²) >= 11 is 0. The summed E-state index contributed by atoms with van der Waals surface area (Å²) in [5.74, 6) is 0. The monoisotopic (exact) mass is 188 g/mol. The number of rotatable bonds is 5. The van der Waals surface area contributed by atoms with E-state index in [4.69, 9.17) is 5.41 Å². The minimum atomic E-state index is 0.559. The summed E-state index contributed by atoms with van der Waals surface area (Å²) in [5, 5.41) is 7.47. The summed E-state index contributed by atoms with van der Waals surface area (Å²) in [5.41, 5.74) is 1.83. The molecule has 0 saturated heterocycles. The average Bonchev–Trinajstić information content (AvgIpc) is 2.19. The fraction of sp³-hybridized carbons (Fsp3) is 0.250. The van der Waals surface area contributed by atoms with E-state index in [-0.39, 0.29) is 0 Å². The van der Waals surface area contributed by atoms with E-state index in [0.29, 0.717) is 12.3 Å². The Kier molecular flexibility index (Phi) is 4.08. The second kappa shape index (κ2) is 5.35. The molecule has 0 spiro atoms. The van der Waals surface area contributed by atoms with E-state index >= 15 is 0 Å². The Morgan fingerprint density at radius 3 is 2.64 bits per heavy atom. The molecule has 0 amide bonds. The maximum atomic E-state index is 7.47. The van der Waals surface area contributed by atoms with Crippen LogP contribution in [-0.4, -0.2) is 24.2 Å². The number of benzene rings is 1. The Hall–Kier alpha value is -1.41. The van der Waals surface area contributed by atoms with Gasteiger partial charge in [-0.3, -0.25) is 4.90 Å². The van der Waals surface area contributed by atoms with Crippen LogP contribution in [0.2, 0.25) is 0 Å². The van der Waals surface area contributed by atoms with Gasteiger partial charge in [0, 0.05) is 18.8 Å². The predicted octanol–water partition coefficient (Wildman–Crippen LogP) is 2.32. The van der Waals surface area contributed by atoms with Crippen LogP contribution in [0, 0.1) is 5.41 Å². The van der Waals surface area contributed by atoms with Crippen LogP contribution in [0.15, 0.2) is 43.0 Å². The molecule has 0 fully saturated rings. The van der Waals surface area contributed by atoms with E-state index in [2.05, 4.69) is 23.6 Å². The molecule has 0 atom stereocenters. The second-order valence-corrected chi connectivity index (χ2v) is 3.39. The van der Waals surface area contributed by atoms with Crippen molar-refractivity contribution in [3.8, 4) is 0 Å². The summed E-state index contributed by atoms with van der Waals surface area (Å²) in [7, 11) is 2.00. The molecule has 74 valence electrons. The number of hydrogen-bond acceptors (Lipinski definition) is 2. The molecule has 0 aliphatic rings. The number of nitrogens with zero attached hydrogens (tertiary/aromatic N) is 1. The topological polar surface area (TPSA) is 27.1 Å². The molecular formula is C12H16N2. The van der Waals surface area contributed by atoms with Crippen LogP contribution in [0.3, 0.4) is 0 Å². The third-order valence-electron chi connectivity index (χ3n) is 1.98. The lowest BCUT2D eigenvalue weighted by Gasteiger charge is -2.15. The summed E-state index contributed by atoms with van der Waals surface area (Å²) < 4.78 is 0. The first-order chi connectivity index (χ1) is 6.72. The van der Waals surface area contributed by atoms with Gasteiger partial charge in [0.1, 0.15) is 0 Å². The first-order valence-electron chi connectivity index (χ1n) is 4.64. The second-order valence-electron chi connectivity index (χ2n) is 3.39. The minimum Gasteiger partial charge on any atom is -0.304 e. The quantitative estimate of drug-likeness (QED) is 0.705. The standard InChI is InChI=1S/C12H16N2/c1-3-12(13)10-14(2)9-11-7-5-4-6-8-11/h3-8,13H,1,9-10H2,2H3. The molecule has 0 saturated carbocycles. The Bertz CT molecular complexity index is 303. The SMILES string of the molecule is C=CC(=N)CN(C)Cc1ccccc1. The summed E-state index contributed by atoms with van der Waals surface area (Å²) in [4.78, 5) is 2.10. The van der Waals surface area contributed by atoms with Crippen molar-refractivity contribution < 1.29 is 0 Å². The van der Waals surface area contributed by atoms with Crippen molar-refractivity contribution in [2.45, 2.75) is 6.54 Å². The molecule has 0 aromatic heterocycles. The molecule has 1 rings (SSSR count). The van der Waals surface area contributed by atoms with Gasteiger partial charge >= 0.3 is 0 Å². The molecule has 1 aromatic rings. The van der Waals surface area contributed by atoms with Crippen LogP contribution in [0.1, 0.15) is 5.56 Å². The zero-order chi connectivity index (χ0) is 10.4. The fourth-order valence-corrected chi connectivity index (χ4v) is 1.31. The van der Waals surface area contributed by atoms with E-state index in [1.54, 1.807) is 6.08 Å². The molecular weight excluding hydrogens is 172 g/mol. The third-order valence-corrected chi connectivity index (χ3v) is 1.98.